The molecule has 0 spiro atoms. The van der Waals surface area contributed by atoms with E-state index in [-0.39, 0.29) is 16.7 Å². The zero-order chi connectivity index (χ0) is 24.3. The molecule has 0 bridgehead atoms. The molecule has 1 aromatic heterocycles. The van der Waals surface area contributed by atoms with E-state index in [1.54, 1.807) is 18.2 Å². The fourth-order valence-corrected chi connectivity index (χ4v) is 6.61. The molecule has 2 N–H and O–H groups in total. The normalized spacial score (nSPS) is 16.3. The molecule has 4 rings (SSSR count). The van der Waals surface area contributed by atoms with Gasteiger partial charge in [-0.05, 0) is 37.5 Å². The molecule has 0 aliphatic carbocycles. The van der Waals surface area contributed by atoms with Crippen LogP contribution in [0.25, 0.3) is 10.2 Å². The Morgan fingerprint density at radius 2 is 1.85 bits per heavy atom. The maximum Gasteiger partial charge on any atom is 0.241 e. The number of carbonyl (C=O) groups excluding carboxylic acids is 1. The molecule has 1 amide bonds. The molecule has 2 aromatic carbocycles. The van der Waals surface area contributed by atoms with Crippen molar-refractivity contribution in [3.63, 3.8) is 0 Å². The van der Waals surface area contributed by atoms with Gasteiger partial charge in [-0.2, -0.15) is 4.72 Å². The molecule has 0 radical (unpaired) electrons. The van der Waals surface area contributed by atoms with Crippen molar-refractivity contribution in [1.82, 2.24) is 14.6 Å². The molecule has 1 unspecified atom stereocenters. The van der Waals surface area contributed by atoms with Crippen LogP contribution in [0.1, 0.15) is 30.8 Å². The van der Waals surface area contributed by atoms with Crippen LogP contribution in [-0.4, -0.2) is 56.4 Å². The first-order valence-corrected chi connectivity index (χ1v) is 14.1. The Hall–Kier alpha value is -2.33. The van der Waals surface area contributed by atoms with Crippen LogP contribution in [0.5, 0.6) is 0 Å². The highest BCUT2D eigenvalue weighted by atomic mass is 32.2. The zero-order valence-electron chi connectivity index (χ0n) is 20.0. The van der Waals surface area contributed by atoms with Crippen molar-refractivity contribution in [2.24, 2.45) is 5.92 Å². The smallest absolute Gasteiger partial charge is 0.241 e. The van der Waals surface area contributed by atoms with Gasteiger partial charge in [-0.25, -0.2) is 13.4 Å². The average molecular weight is 502 g/mol. The van der Waals surface area contributed by atoms with Crippen LogP contribution in [-0.2, 0) is 21.4 Å². The minimum absolute atomic E-state index is 0.134. The van der Waals surface area contributed by atoms with E-state index in [0.717, 1.165) is 34.9 Å². The van der Waals surface area contributed by atoms with Gasteiger partial charge in [0.1, 0.15) is 12.6 Å². The van der Waals surface area contributed by atoms with Crippen molar-refractivity contribution in [1.29, 1.82) is 0 Å². The van der Waals surface area contributed by atoms with Gasteiger partial charge in [0.05, 0.1) is 46.3 Å². The van der Waals surface area contributed by atoms with Crippen molar-refractivity contribution >= 4 is 37.5 Å². The molecule has 1 fully saturated rings. The monoisotopic (exact) mass is 501 g/mol. The van der Waals surface area contributed by atoms with E-state index in [2.05, 4.69) is 21.8 Å². The van der Waals surface area contributed by atoms with Crippen molar-refractivity contribution in [2.75, 3.05) is 26.2 Å². The second kappa shape index (κ2) is 10.5. The molecule has 34 heavy (non-hydrogen) atoms. The van der Waals surface area contributed by atoms with Gasteiger partial charge in [0.15, 0.2) is 0 Å². The number of sulfonamides is 1. The van der Waals surface area contributed by atoms with Crippen molar-refractivity contribution < 1.29 is 18.1 Å². The number of benzene rings is 2. The minimum Gasteiger partial charge on any atom is -0.330 e. The molecule has 2 heterocycles. The summed E-state index contributed by atoms with van der Waals surface area (Å²) in [5, 5.41) is 0.888. The molecule has 1 saturated heterocycles. The highest BCUT2D eigenvalue weighted by Crippen LogP contribution is 2.25. The Bertz CT molecular complexity index is 1230. The van der Waals surface area contributed by atoms with E-state index in [0.29, 0.717) is 19.5 Å². The minimum atomic E-state index is -3.85. The number of nitrogens with zero attached hydrogens (tertiary/aromatic N) is 2. The Morgan fingerprint density at radius 3 is 2.53 bits per heavy atom. The fraction of sp³-hybridized carbons (Fsp3) is 0.440. The number of aryl methyl sites for hydroxylation is 1. The van der Waals surface area contributed by atoms with Gasteiger partial charge in [0, 0.05) is 5.56 Å². The summed E-state index contributed by atoms with van der Waals surface area (Å²) in [5.41, 5.74) is 2.07. The number of carbonyl (C=O) groups is 1. The summed E-state index contributed by atoms with van der Waals surface area (Å²) in [5.74, 6) is 0.0408. The zero-order valence-corrected chi connectivity index (χ0v) is 21.6. The maximum absolute atomic E-state index is 13.4. The second-order valence-corrected chi connectivity index (χ2v) is 12.4. The quantitative estimate of drug-likeness (QED) is 0.496. The van der Waals surface area contributed by atoms with Gasteiger partial charge in [-0.3, -0.25) is 4.79 Å². The second-order valence-electron chi connectivity index (χ2n) is 9.40. The molecule has 7 nitrogen and oxygen atoms in total. The molecule has 9 heteroatoms. The third-order valence-electron chi connectivity index (χ3n) is 6.16. The van der Waals surface area contributed by atoms with Crippen molar-refractivity contribution in [3.8, 4) is 0 Å². The third kappa shape index (κ3) is 6.02. The predicted octanol–water partition coefficient (Wildman–Crippen LogP) is 2.23. The number of thiazole rings is 1. The number of quaternary nitrogens is 1. The Balaban J connectivity index is 1.44. The summed E-state index contributed by atoms with van der Waals surface area (Å²) in [6.45, 7) is 9.80. The number of aromatic nitrogens is 1. The molecular formula is C25H33N4O3S2+. The number of piperazine rings is 1. The number of rotatable bonds is 8. The first-order chi connectivity index (χ1) is 16.2. The standard InChI is InChI=1S/C25H32N4O3S2/c1-18(2)15-23(27-34(31,32)21-9-10-22-24(16-21)33-19(3)26-22)25(30)29-13-11-28(12-14-29)17-20-7-5-4-6-8-20/h4-10,16,18,23,27H,11-15,17H2,1-3H3/p+1. The molecule has 0 saturated carbocycles. The van der Waals surface area contributed by atoms with Crippen LogP contribution in [0.4, 0.5) is 0 Å². The van der Waals surface area contributed by atoms with Crippen molar-refractivity contribution in [2.45, 2.75) is 44.7 Å². The molecule has 1 atom stereocenters. The molecular weight excluding hydrogens is 468 g/mol. The summed E-state index contributed by atoms with van der Waals surface area (Å²) in [7, 11) is -3.85. The van der Waals surface area contributed by atoms with E-state index in [9.17, 15) is 13.2 Å². The van der Waals surface area contributed by atoms with Gasteiger partial charge < -0.3 is 9.80 Å². The topological polar surface area (TPSA) is 83.8 Å². The lowest BCUT2D eigenvalue weighted by Gasteiger charge is -2.34. The molecule has 1 aliphatic heterocycles. The van der Waals surface area contributed by atoms with Crippen LogP contribution < -0.4 is 9.62 Å². The van der Waals surface area contributed by atoms with Gasteiger partial charge in [-0.15, -0.1) is 11.3 Å². The van der Waals surface area contributed by atoms with Gasteiger partial charge in [-0.1, -0.05) is 44.2 Å². The summed E-state index contributed by atoms with van der Waals surface area (Å²) in [6.07, 6.45) is 0.455. The lowest BCUT2D eigenvalue weighted by atomic mass is 10.0. The average Bonchev–Trinajstić information content (AvgIpc) is 3.18. The number of fused-ring (bicyclic) bond motifs is 1. The van der Waals surface area contributed by atoms with Crippen LogP contribution in [0.3, 0.4) is 0 Å². The highest BCUT2D eigenvalue weighted by molar-refractivity contribution is 7.89. The Kier molecular flexibility index (Phi) is 7.67. The van der Waals surface area contributed by atoms with Crippen LogP contribution in [0.2, 0.25) is 0 Å². The summed E-state index contributed by atoms with van der Waals surface area (Å²) >= 11 is 1.46. The summed E-state index contributed by atoms with van der Waals surface area (Å²) in [6, 6.07) is 14.5. The first kappa shape index (κ1) is 24.8. The van der Waals surface area contributed by atoms with Gasteiger partial charge in [0.25, 0.3) is 0 Å². The molecule has 182 valence electrons. The number of hydrogen-bond donors (Lipinski definition) is 2. The Morgan fingerprint density at radius 1 is 1.15 bits per heavy atom. The summed E-state index contributed by atoms with van der Waals surface area (Å²) < 4.78 is 30.0. The summed E-state index contributed by atoms with van der Waals surface area (Å²) in [4.78, 5) is 21.2. The van der Waals surface area contributed by atoms with E-state index < -0.39 is 16.1 Å². The Labute approximate surface area is 205 Å². The van der Waals surface area contributed by atoms with Crippen LogP contribution in [0, 0.1) is 12.8 Å². The fourth-order valence-electron chi connectivity index (χ4n) is 4.44. The van der Waals surface area contributed by atoms with Gasteiger partial charge >= 0.3 is 0 Å². The third-order valence-corrected chi connectivity index (χ3v) is 8.56. The lowest BCUT2D eigenvalue weighted by molar-refractivity contribution is -0.917. The maximum atomic E-state index is 13.4. The van der Waals surface area contributed by atoms with E-state index >= 15 is 0 Å². The predicted molar refractivity (Wildman–Crippen MR) is 135 cm³/mol. The van der Waals surface area contributed by atoms with E-state index in [1.165, 1.54) is 21.8 Å². The van der Waals surface area contributed by atoms with Crippen LogP contribution >= 0.6 is 11.3 Å². The number of hydrogen-bond acceptors (Lipinski definition) is 5. The largest absolute Gasteiger partial charge is 0.330 e. The molecule has 3 aromatic rings. The number of amides is 1. The van der Waals surface area contributed by atoms with Gasteiger partial charge in [0.2, 0.25) is 15.9 Å². The van der Waals surface area contributed by atoms with E-state index in [1.807, 2.05) is 43.9 Å². The first-order valence-electron chi connectivity index (χ1n) is 11.8. The van der Waals surface area contributed by atoms with Crippen molar-refractivity contribution in [3.05, 3.63) is 59.1 Å². The highest BCUT2D eigenvalue weighted by Gasteiger charge is 2.32. The van der Waals surface area contributed by atoms with Crippen LogP contribution in [0.15, 0.2) is 53.4 Å². The SMILES string of the molecule is Cc1nc2ccc(S(=O)(=O)NC(CC(C)C)C(=O)N3CC[NH+](Cc4ccccc4)CC3)cc2s1. The molecule has 1 aliphatic rings. The lowest BCUT2D eigenvalue weighted by Crippen LogP contribution is -3.13. The number of nitrogens with one attached hydrogen (secondary N) is 2. The van der Waals surface area contributed by atoms with E-state index in [4.69, 9.17) is 0 Å².